The first-order valence-electron chi connectivity index (χ1n) is 7.22. The molecule has 0 aliphatic carbocycles. The van der Waals surface area contributed by atoms with E-state index in [0.717, 1.165) is 10.6 Å². The van der Waals surface area contributed by atoms with E-state index < -0.39 is 27.8 Å². The molecule has 0 radical (unpaired) electrons. The van der Waals surface area contributed by atoms with Crippen LogP contribution in [0.25, 0.3) is 11.5 Å². The molecule has 1 saturated heterocycles. The third kappa shape index (κ3) is 3.44. The second-order valence-electron chi connectivity index (χ2n) is 5.44. The van der Waals surface area contributed by atoms with Gasteiger partial charge in [-0.25, -0.2) is 12.8 Å². The van der Waals surface area contributed by atoms with Gasteiger partial charge in [0.15, 0.2) is 0 Å². The highest BCUT2D eigenvalue weighted by Crippen LogP contribution is 2.23. The minimum Gasteiger partial charge on any atom is -0.403 e. The number of halogens is 1. The maximum atomic E-state index is 12.9. The third-order valence-corrected chi connectivity index (χ3v) is 4.97. The van der Waals surface area contributed by atoms with Crippen LogP contribution < -0.4 is 5.32 Å². The van der Waals surface area contributed by atoms with Crippen LogP contribution >= 0.6 is 0 Å². The van der Waals surface area contributed by atoms with Crippen molar-refractivity contribution in [3.05, 3.63) is 30.1 Å². The van der Waals surface area contributed by atoms with Crippen molar-refractivity contribution in [3.63, 3.8) is 0 Å². The summed E-state index contributed by atoms with van der Waals surface area (Å²) in [7, 11) is -3.46. The first kappa shape index (κ1) is 16.5. The van der Waals surface area contributed by atoms with Crippen molar-refractivity contribution in [1.29, 1.82) is 0 Å². The fourth-order valence-corrected chi connectivity index (χ4v) is 3.69. The molecule has 24 heavy (non-hydrogen) atoms. The predicted molar refractivity (Wildman–Crippen MR) is 82.9 cm³/mol. The number of nitrogens with one attached hydrogen (secondary N) is 1. The molecular weight excluding hydrogens is 339 g/mol. The Balaban J connectivity index is 1.72. The number of hydrogen-bond donors (Lipinski definition) is 1. The normalized spacial score (nSPS) is 18.7. The van der Waals surface area contributed by atoms with Crippen LogP contribution in [-0.4, -0.2) is 47.7 Å². The summed E-state index contributed by atoms with van der Waals surface area (Å²) >= 11 is 0. The predicted octanol–water partition coefficient (Wildman–Crippen LogP) is 1.24. The molecule has 1 aromatic heterocycles. The molecule has 0 spiro atoms. The highest BCUT2D eigenvalue weighted by Gasteiger charge is 2.36. The first-order chi connectivity index (χ1) is 11.3. The van der Waals surface area contributed by atoms with E-state index in [-0.39, 0.29) is 11.9 Å². The lowest BCUT2D eigenvalue weighted by atomic mass is 10.2. The fraction of sp³-hybridized carbons (Fsp3) is 0.357. The highest BCUT2D eigenvalue weighted by atomic mass is 32.2. The van der Waals surface area contributed by atoms with E-state index in [2.05, 4.69) is 15.5 Å². The quantitative estimate of drug-likeness (QED) is 0.885. The average Bonchev–Trinajstić information content (AvgIpc) is 3.16. The van der Waals surface area contributed by atoms with Crippen molar-refractivity contribution < 1.29 is 22.0 Å². The number of carbonyl (C=O) groups is 1. The van der Waals surface area contributed by atoms with Gasteiger partial charge in [-0.3, -0.25) is 10.1 Å². The number of aromatic nitrogens is 2. The van der Waals surface area contributed by atoms with E-state index in [9.17, 15) is 17.6 Å². The minimum atomic E-state index is -3.46. The zero-order valence-electron chi connectivity index (χ0n) is 12.8. The molecule has 0 saturated carbocycles. The van der Waals surface area contributed by atoms with Gasteiger partial charge in [-0.05, 0) is 37.1 Å². The molecule has 1 aliphatic heterocycles. The van der Waals surface area contributed by atoms with Crippen LogP contribution in [0.2, 0.25) is 0 Å². The lowest BCUT2D eigenvalue weighted by Crippen LogP contribution is -2.42. The molecule has 1 fully saturated rings. The summed E-state index contributed by atoms with van der Waals surface area (Å²) in [6.07, 6.45) is 2.10. The molecule has 1 atom stereocenters. The molecule has 128 valence electrons. The van der Waals surface area contributed by atoms with Gasteiger partial charge in [-0.15, -0.1) is 5.10 Å². The monoisotopic (exact) mass is 354 g/mol. The average molecular weight is 354 g/mol. The van der Waals surface area contributed by atoms with Gasteiger partial charge in [0.25, 0.3) is 0 Å². The lowest BCUT2D eigenvalue weighted by Gasteiger charge is -2.20. The Kier molecular flexibility index (Phi) is 4.33. The van der Waals surface area contributed by atoms with E-state index in [4.69, 9.17) is 4.42 Å². The Morgan fingerprint density at radius 2 is 2.04 bits per heavy atom. The largest absolute Gasteiger partial charge is 0.403 e. The number of sulfonamides is 1. The van der Waals surface area contributed by atoms with Gasteiger partial charge in [0.1, 0.15) is 11.9 Å². The highest BCUT2D eigenvalue weighted by molar-refractivity contribution is 7.88. The third-order valence-electron chi connectivity index (χ3n) is 3.68. The summed E-state index contributed by atoms with van der Waals surface area (Å²) in [4.78, 5) is 12.3. The SMILES string of the molecule is CS(=O)(=O)N1CCCC1C(=O)Nc1nnc(-c2ccc(F)cc2)o1. The summed E-state index contributed by atoms with van der Waals surface area (Å²) in [5, 5.41) is 9.91. The van der Waals surface area contributed by atoms with E-state index in [1.54, 1.807) is 0 Å². The van der Waals surface area contributed by atoms with E-state index in [1.807, 2.05) is 0 Å². The Labute approximate surface area is 137 Å². The van der Waals surface area contributed by atoms with Crippen molar-refractivity contribution in [3.8, 4) is 11.5 Å². The van der Waals surface area contributed by atoms with Crippen LogP contribution in [0.3, 0.4) is 0 Å². The van der Waals surface area contributed by atoms with Crippen LogP contribution in [0.1, 0.15) is 12.8 Å². The molecule has 1 unspecified atom stereocenters. The second-order valence-corrected chi connectivity index (χ2v) is 7.38. The Morgan fingerprint density at radius 1 is 1.33 bits per heavy atom. The summed E-state index contributed by atoms with van der Waals surface area (Å²) in [5.41, 5.74) is 0.503. The van der Waals surface area contributed by atoms with Crippen molar-refractivity contribution in [2.45, 2.75) is 18.9 Å². The first-order valence-corrected chi connectivity index (χ1v) is 9.06. The van der Waals surface area contributed by atoms with Gasteiger partial charge < -0.3 is 4.42 Å². The van der Waals surface area contributed by atoms with Crippen LogP contribution in [0.5, 0.6) is 0 Å². The van der Waals surface area contributed by atoms with Gasteiger partial charge in [0, 0.05) is 12.1 Å². The zero-order chi connectivity index (χ0) is 17.3. The number of carbonyl (C=O) groups excluding carboxylic acids is 1. The maximum absolute atomic E-state index is 12.9. The number of anilines is 1. The molecule has 1 aliphatic rings. The number of amides is 1. The van der Waals surface area contributed by atoms with Gasteiger partial charge >= 0.3 is 6.01 Å². The lowest BCUT2D eigenvalue weighted by molar-refractivity contribution is -0.119. The van der Waals surface area contributed by atoms with E-state index in [0.29, 0.717) is 24.9 Å². The zero-order valence-corrected chi connectivity index (χ0v) is 13.6. The van der Waals surface area contributed by atoms with E-state index in [1.165, 1.54) is 24.3 Å². The molecule has 0 bridgehead atoms. The standard InChI is InChI=1S/C14H15FN4O4S/c1-24(21,22)19-8-2-3-11(19)12(20)16-14-18-17-13(23-14)9-4-6-10(15)7-5-9/h4-7,11H,2-3,8H2,1H3,(H,16,18,20). The minimum absolute atomic E-state index is 0.122. The summed E-state index contributed by atoms with van der Waals surface area (Å²) in [6.45, 7) is 0.307. The van der Waals surface area contributed by atoms with Gasteiger partial charge in [0.05, 0.1) is 6.26 Å². The molecule has 1 aromatic carbocycles. The van der Waals surface area contributed by atoms with Crippen molar-refractivity contribution >= 4 is 21.9 Å². The van der Waals surface area contributed by atoms with Gasteiger partial charge in [-0.1, -0.05) is 5.10 Å². The molecule has 2 aromatic rings. The molecule has 3 rings (SSSR count). The number of benzene rings is 1. The molecule has 10 heteroatoms. The van der Waals surface area contributed by atoms with Crippen LogP contribution in [0, 0.1) is 5.82 Å². The fourth-order valence-electron chi connectivity index (χ4n) is 2.57. The Morgan fingerprint density at radius 3 is 2.71 bits per heavy atom. The topological polar surface area (TPSA) is 105 Å². The van der Waals surface area contributed by atoms with Crippen LogP contribution in [-0.2, 0) is 14.8 Å². The maximum Gasteiger partial charge on any atom is 0.322 e. The molecule has 2 heterocycles. The van der Waals surface area contributed by atoms with Crippen molar-refractivity contribution in [2.24, 2.45) is 0 Å². The number of hydrogen-bond acceptors (Lipinski definition) is 6. The Hall–Kier alpha value is -2.33. The van der Waals surface area contributed by atoms with Crippen molar-refractivity contribution in [1.82, 2.24) is 14.5 Å². The van der Waals surface area contributed by atoms with Gasteiger partial charge in [0.2, 0.25) is 21.8 Å². The summed E-state index contributed by atoms with van der Waals surface area (Å²) in [5.74, 6) is -0.794. The van der Waals surface area contributed by atoms with Crippen LogP contribution in [0.4, 0.5) is 10.4 Å². The molecule has 8 nitrogen and oxygen atoms in total. The second kappa shape index (κ2) is 6.29. The van der Waals surface area contributed by atoms with E-state index >= 15 is 0 Å². The van der Waals surface area contributed by atoms with Crippen molar-refractivity contribution in [2.75, 3.05) is 18.1 Å². The van der Waals surface area contributed by atoms with Gasteiger partial charge in [-0.2, -0.15) is 4.31 Å². The molecule has 1 N–H and O–H groups in total. The number of nitrogens with zero attached hydrogens (tertiary/aromatic N) is 3. The molecular formula is C14H15FN4O4S. The van der Waals surface area contributed by atoms with Crippen LogP contribution in [0.15, 0.2) is 28.7 Å². The summed E-state index contributed by atoms with van der Waals surface area (Å²) in [6, 6.07) is 4.51. The Bertz CT molecular complexity index is 850. The smallest absolute Gasteiger partial charge is 0.322 e. The number of rotatable bonds is 4. The summed E-state index contributed by atoms with van der Waals surface area (Å²) < 4.78 is 42.7. The molecule has 1 amide bonds.